The van der Waals surface area contributed by atoms with Gasteiger partial charge in [-0.3, -0.25) is 9.69 Å². The van der Waals surface area contributed by atoms with Crippen molar-refractivity contribution in [1.29, 1.82) is 0 Å². The molecule has 0 spiro atoms. The number of carbonyl (C=O) groups excluding carboxylic acids is 1. The molecule has 0 unspecified atom stereocenters. The number of rotatable bonds is 5. The van der Waals surface area contributed by atoms with Crippen LogP contribution in [0.15, 0.2) is 41.8 Å². The Hall–Kier alpha value is -3.10. The van der Waals surface area contributed by atoms with Gasteiger partial charge in [0.15, 0.2) is 5.13 Å². The third-order valence-corrected chi connectivity index (χ3v) is 5.90. The zero-order chi connectivity index (χ0) is 22.1. The number of amides is 1. The molecule has 1 amide bonds. The van der Waals surface area contributed by atoms with Crippen molar-refractivity contribution < 1.29 is 4.79 Å². The number of hydrogen-bond acceptors (Lipinski definition) is 6. The Morgan fingerprint density at radius 3 is 2.55 bits per heavy atom. The van der Waals surface area contributed by atoms with E-state index in [0.717, 1.165) is 22.4 Å². The summed E-state index contributed by atoms with van der Waals surface area (Å²) in [5.74, 6) is 0.401. The lowest BCUT2D eigenvalue weighted by Crippen LogP contribution is -2.24. The standard InChI is InChI=1S/C22H21ClN6OS/c1-13-5-7-17(8-6-13)21-25-27-28(26-21)11-18-12-31-22(24-18)29(16(4)30)20-15(3)9-14(2)10-19(20)23/h5-10,12H,11H2,1-4H3. The first kappa shape index (κ1) is 21.1. The monoisotopic (exact) mass is 452 g/mol. The largest absolute Gasteiger partial charge is 0.274 e. The van der Waals surface area contributed by atoms with Gasteiger partial charge in [-0.1, -0.05) is 47.5 Å². The van der Waals surface area contributed by atoms with Gasteiger partial charge in [0.1, 0.15) is 6.54 Å². The van der Waals surface area contributed by atoms with Gasteiger partial charge in [0.25, 0.3) is 0 Å². The van der Waals surface area contributed by atoms with Crippen LogP contribution in [0.3, 0.4) is 0 Å². The van der Waals surface area contributed by atoms with Crippen molar-refractivity contribution >= 4 is 39.7 Å². The number of halogens is 1. The first-order valence-corrected chi connectivity index (χ1v) is 10.9. The number of hydrogen-bond donors (Lipinski definition) is 0. The fourth-order valence-corrected chi connectivity index (χ4v) is 4.59. The van der Waals surface area contributed by atoms with E-state index in [1.54, 1.807) is 4.90 Å². The molecule has 0 aliphatic carbocycles. The molecular weight excluding hydrogens is 432 g/mol. The molecule has 2 aromatic heterocycles. The molecule has 0 bridgehead atoms. The summed E-state index contributed by atoms with van der Waals surface area (Å²) in [6, 6.07) is 11.8. The Balaban J connectivity index is 1.59. The van der Waals surface area contributed by atoms with Crippen molar-refractivity contribution in [3.63, 3.8) is 0 Å². The number of anilines is 2. The highest BCUT2D eigenvalue weighted by Gasteiger charge is 2.23. The minimum Gasteiger partial charge on any atom is -0.274 e. The molecule has 9 heteroatoms. The van der Waals surface area contributed by atoms with Crippen LogP contribution in [0.4, 0.5) is 10.8 Å². The molecule has 2 heterocycles. The molecule has 7 nitrogen and oxygen atoms in total. The van der Waals surface area contributed by atoms with E-state index >= 15 is 0 Å². The van der Waals surface area contributed by atoms with E-state index in [1.165, 1.54) is 28.6 Å². The number of benzene rings is 2. The molecule has 2 aromatic carbocycles. The molecule has 158 valence electrons. The molecular formula is C22H21ClN6OS. The lowest BCUT2D eigenvalue weighted by atomic mass is 10.1. The van der Waals surface area contributed by atoms with E-state index in [-0.39, 0.29) is 5.91 Å². The fourth-order valence-electron chi connectivity index (χ4n) is 3.32. The van der Waals surface area contributed by atoms with E-state index in [0.29, 0.717) is 28.2 Å². The summed E-state index contributed by atoms with van der Waals surface area (Å²) in [4.78, 5) is 20.2. The normalized spacial score (nSPS) is 11.0. The zero-order valence-corrected chi connectivity index (χ0v) is 19.2. The van der Waals surface area contributed by atoms with Gasteiger partial charge < -0.3 is 0 Å². The Labute approximate surface area is 189 Å². The van der Waals surface area contributed by atoms with E-state index in [2.05, 4.69) is 20.4 Å². The number of aromatic nitrogens is 5. The number of carbonyl (C=O) groups is 1. The second-order valence-electron chi connectivity index (χ2n) is 7.40. The van der Waals surface area contributed by atoms with Gasteiger partial charge >= 0.3 is 0 Å². The third kappa shape index (κ3) is 4.50. The molecule has 0 saturated carbocycles. The lowest BCUT2D eigenvalue weighted by molar-refractivity contribution is -0.115. The van der Waals surface area contributed by atoms with Gasteiger partial charge in [-0.2, -0.15) is 4.80 Å². The predicted octanol–water partition coefficient (Wildman–Crippen LogP) is 5.11. The van der Waals surface area contributed by atoms with Gasteiger partial charge in [0, 0.05) is 17.9 Å². The van der Waals surface area contributed by atoms with Crippen LogP contribution in [0, 0.1) is 20.8 Å². The number of tetrazole rings is 1. The summed E-state index contributed by atoms with van der Waals surface area (Å²) in [5.41, 5.74) is 5.42. The second-order valence-corrected chi connectivity index (χ2v) is 8.64. The summed E-state index contributed by atoms with van der Waals surface area (Å²) in [5, 5.41) is 15.7. The maximum atomic E-state index is 12.5. The molecule has 4 aromatic rings. The Bertz CT molecular complexity index is 1220. The van der Waals surface area contributed by atoms with Gasteiger partial charge in [-0.05, 0) is 43.2 Å². The van der Waals surface area contributed by atoms with Crippen LogP contribution >= 0.6 is 22.9 Å². The van der Waals surface area contributed by atoms with Crippen molar-refractivity contribution in [2.24, 2.45) is 0 Å². The van der Waals surface area contributed by atoms with Crippen molar-refractivity contribution in [1.82, 2.24) is 25.2 Å². The minimum atomic E-state index is -0.157. The first-order chi connectivity index (χ1) is 14.8. The van der Waals surface area contributed by atoms with Crippen LogP contribution in [0.2, 0.25) is 5.02 Å². The third-order valence-electron chi connectivity index (χ3n) is 4.73. The van der Waals surface area contributed by atoms with Gasteiger partial charge in [0.05, 0.1) is 16.4 Å². The maximum Gasteiger partial charge on any atom is 0.230 e. The van der Waals surface area contributed by atoms with Crippen LogP contribution < -0.4 is 4.90 Å². The zero-order valence-electron chi connectivity index (χ0n) is 17.6. The highest BCUT2D eigenvalue weighted by atomic mass is 35.5. The summed E-state index contributed by atoms with van der Waals surface area (Å²) in [7, 11) is 0. The molecule has 0 aliphatic rings. The summed E-state index contributed by atoms with van der Waals surface area (Å²) < 4.78 is 0. The first-order valence-electron chi connectivity index (χ1n) is 9.68. The van der Waals surface area contributed by atoms with Crippen molar-refractivity contribution in [3.8, 4) is 11.4 Å². The van der Waals surface area contributed by atoms with E-state index < -0.39 is 0 Å². The Kier molecular flexibility index (Phi) is 5.84. The number of thiazole rings is 1. The quantitative estimate of drug-likeness (QED) is 0.420. The van der Waals surface area contributed by atoms with Crippen molar-refractivity contribution in [3.05, 3.63) is 69.2 Å². The average molecular weight is 453 g/mol. The maximum absolute atomic E-state index is 12.5. The fraction of sp³-hybridized carbons (Fsp3) is 0.227. The van der Waals surface area contributed by atoms with Crippen LogP contribution in [-0.4, -0.2) is 31.1 Å². The predicted molar refractivity (Wildman–Crippen MR) is 123 cm³/mol. The molecule has 0 saturated heterocycles. The van der Waals surface area contributed by atoms with Crippen LogP contribution in [0.25, 0.3) is 11.4 Å². The van der Waals surface area contributed by atoms with Crippen LogP contribution in [0.5, 0.6) is 0 Å². The van der Waals surface area contributed by atoms with Gasteiger partial charge in [0.2, 0.25) is 11.7 Å². The van der Waals surface area contributed by atoms with Crippen LogP contribution in [-0.2, 0) is 11.3 Å². The minimum absolute atomic E-state index is 0.157. The summed E-state index contributed by atoms with van der Waals surface area (Å²) in [6.45, 7) is 7.79. The van der Waals surface area contributed by atoms with E-state index in [9.17, 15) is 4.79 Å². The molecule has 0 radical (unpaired) electrons. The molecule has 31 heavy (non-hydrogen) atoms. The molecule has 0 N–H and O–H groups in total. The summed E-state index contributed by atoms with van der Waals surface area (Å²) >= 11 is 7.85. The van der Waals surface area contributed by atoms with Crippen LogP contribution in [0.1, 0.15) is 29.3 Å². The highest BCUT2D eigenvalue weighted by Crippen LogP contribution is 2.37. The molecule has 0 atom stereocenters. The SMILES string of the molecule is CC(=O)N(c1nc(Cn2nnc(-c3ccc(C)cc3)n2)cs1)c1c(C)cc(C)cc1Cl. The average Bonchev–Trinajstić information content (AvgIpc) is 3.35. The second kappa shape index (κ2) is 8.56. The van der Waals surface area contributed by atoms with Crippen molar-refractivity contribution in [2.75, 3.05) is 4.90 Å². The Morgan fingerprint density at radius 2 is 1.87 bits per heavy atom. The highest BCUT2D eigenvalue weighted by molar-refractivity contribution is 7.14. The topological polar surface area (TPSA) is 76.8 Å². The molecule has 0 fully saturated rings. The van der Waals surface area contributed by atoms with E-state index in [1.807, 2.05) is 62.5 Å². The number of aryl methyl sites for hydroxylation is 3. The summed E-state index contributed by atoms with van der Waals surface area (Å²) in [6.07, 6.45) is 0. The smallest absolute Gasteiger partial charge is 0.230 e. The Morgan fingerprint density at radius 1 is 1.13 bits per heavy atom. The lowest BCUT2D eigenvalue weighted by Gasteiger charge is -2.22. The van der Waals surface area contributed by atoms with Gasteiger partial charge in [-0.15, -0.1) is 21.5 Å². The van der Waals surface area contributed by atoms with E-state index in [4.69, 9.17) is 11.6 Å². The van der Waals surface area contributed by atoms with Crippen molar-refractivity contribution in [2.45, 2.75) is 34.2 Å². The van der Waals surface area contributed by atoms with Gasteiger partial charge in [-0.25, -0.2) is 4.98 Å². The number of nitrogens with zero attached hydrogens (tertiary/aromatic N) is 6. The molecule has 4 rings (SSSR count). The molecule has 0 aliphatic heterocycles.